The molecule has 0 unspecified atom stereocenters. The molecule has 1 aliphatic rings. The molecule has 3 heterocycles. The second-order valence-corrected chi connectivity index (χ2v) is 10.7. The number of anilines is 4. The van der Waals surface area contributed by atoms with Crippen molar-refractivity contribution in [1.82, 2.24) is 15.3 Å². The quantitative estimate of drug-likeness (QED) is 0.367. The summed E-state index contributed by atoms with van der Waals surface area (Å²) in [6.45, 7) is 12.8. The van der Waals surface area contributed by atoms with Crippen molar-refractivity contribution in [3.8, 4) is 0 Å². The normalized spacial score (nSPS) is 15.5. The van der Waals surface area contributed by atoms with E-state index in [2.05, 4.69) is 25.9 Å². The predicted octanol–water partition coefficient (Wildman–Crippen LogP) is 3.78. The number of halogens is 2. The van der Waals surface area contributed by atoms with Crippen molar-refractivity contribution in [3.63, 3.8) is 0 Å². The van der Waals surface area contributed by atoms with Crippen LogP contribution in [0.2, 0.25) is 0 Å². The van der Waals surface area contributed by atoms with E-state index in [0.717, 1.165) is 6.07 Å². The van der Waals surface area contributed by atoms with Crippen LogP contribution in [0.5, 0.6) is 0 Å². The van der Waals surface area contributed by atoms with Crippen LogP contribution in [0.25, 0.3) is 0 Å². The summed E-state index contributed by atoms with van der Waals surface area (Å²) in [4.78, 5) is 34.6. The van der Waals surface area contributed by atoms with Crippen LogP contribution < -0.4 is 26.6 Å². The molecule has 0 spiro atoms. The molecular formula is C26H37F2N7O4. The van der Waals surface area contributed by atoms with Gasteiger partial charge in [-0.15, -0.1) is 0 Å². The Morgan fingerprint density at radius 3 is 2.33 bits per heavy atom. The van der Waals surface area contributed by atoms with E-state index in [1.54, 1.807) is 32.6 Å². The van der Waals surface area contributed by atoms with Gasteiger partial charge in [-0.05, 0) is 39.7 Å². The molecule has 39 heavy (non-hydrogen) atoms. The number of nitrogens with one attached hydrogen (secondary N) is 3. The second kappa shape index (κ2) is 12.4. The van der Waals surface area contributed by atoms with Crippen LogP contribution in [-0.4, -0.2) is 66.0 Å². The Morgan fingerprint density at radius 2 is 1.77 bits per heavy atom. The summed E-state index contributed by atoms with van der Waals surface area (Å²) in [6, 6.07) is 1.21. The smallest absolute Gasteiger partial charge is 0.407 e. The Labute approximate surface area is 226 Å². The fourth-order valence-corrected chi connectivity index (χ4v) is 4.13. The summed E-state index contributed by atoms with van der Waals surface area (Å²) in [5.74, 6) is -2.48. The summed E-state index contributed by atoms with van der Waals surface area (Å²) in [6.07, 6.45) is 0.776. The third kappa shape index (κ3) is 8.12. The molecule has 1 saturated heterocycles. The molecule has 0 bridgehead atoms. The first-order chi connectivity index (χ1) is 18.2. The number of primary amides is 1. The number of rotatable bonds is 9. The van der Waals surface area contributed by atoms with Crippen molar-refractivity contribution in [1.29, 1.82) is 0 Å². The zero-order chi connectivity index (χ0) is 28.9. The standard InChI is InChI=1S/C26H37F2N7O4/c1-14(2)20(15(3)31-25(37)39-26(4,5)6)33-23-18(27)12-17(21(29)36)22(34-23)32-16-11-19(28)24(30-13-16)35-7-9-38-10-8-35/h11-15,20H,7-10H2,1-6H3,(H2,29,36)(H,31,37)(H2,32,33,34)/t15-,20+/m0/s1. The van der Waals surface area contributed by atoms with E-state index in [1.807, 2.05) is 13.8 Å². The summed E-state index contributed by atoms with van der Waals surface area (Å²) in [5, 5.41) is 8.60. The first-order valence-corrected chi connectivity index (χ1v) is 12.8. The van der Waals surface area contributed by atoms with Gasteiger partial charge in [0, 0.05) is 31.2 Å². The summed E-state index contributed by atoms with van der Waals surface area (Å²) < 4.78 is 40.6. The third-order valence-corrected chi connectivity index (χ3v) is 5.94. The lowest BCUT2D eigenvalue weighted by Crippen LogP contribution is -2.49. The maximum Gasteiger partial charge on any atom is 0.407 e. The number of carbonyl (C=O) groups excluding carboxylic acids is 2. The van der Waals surface area contributed by atoms with Crippen LogP contribution in [0.4, 0.5) is 36.7 Å². The molecule has 0 radical (unpaired) electrons. The molecular weight excluding hydrogens is 512 g/mol. The Morgan fingerprint density at radius 1 is 1.10 bits per heavy atom. The predicted molar refractivity (Wildman–Crippen MR) is 144 cm³/mol. The molecule has 1 fully saturated rings. The number of carbonyl (C=O) groups is 2. The van der Waals surface area contributed by atoms with Gasteiger partial charge in [-0.2, -0.15) is 0 Å². The summed E-state index contributed by atoms with van der Waals surface area (Å²) in [5.41, 5.74) is 4.75. The van der Waals surface area contributed by atoms with Gasteiger partial charge in [0.15, 0.2) is 23.3 Å². The van der Waals surface area contributed by atoms with Crippen LogP contribution in [0, 0.1) is 17.6 Å². The number of amides is 2. The number of aromatic nitrogens is 2. The highest BCUT2D eigenvalue weighted by Gasteiger charge is 2.27. The molecule has 0 aliphatic carbocycles. The topological polar surface area (TPSA) is 144 Å². The number of alkyl carbamates (subject to hydrolysis) is 1. The van der Waals surface area contributed by atoms with Gasteiger partial charge in [0.05, 0.1) is 30.7 Å². The maximum atomic E-state index is 15.1. The fraction of sp³-hybridized carbons (Fsp3) is 0.538. The molecule has 214 valence electrons. The van der Waals surface area contributed by atoms with Crippen LogP contribution in [-0.2, 0) is 9.47 Å². The number of hydrogen-bond donors (Lipinski definition) is 4. The van der Waals surface area contributed by atoms with Crippen molar-refractivity contribution in [2.45, 2.75) is 59.2 Å². The van der Waals surface area contributed by atoms with Crippen molar-refractivity contribution >= 4 is 35.1 Å². The van der Waals surface area contributed by atoms with E-state index in [0.29, 0.717) is 26.3 Å². The van der Waals surface area contributed by atoms with Crippen LogP contribution in [0.1, 0.15) is 51.9 Å². The summed E-state index contributed by atoms with van der Waals surface area (Å²) >= 11 is 0. The molecule has 5 N–H and O–H groups in total. The monoisotopic (exact) mass is 549 g/mol. The van der Waals surface area contributed by atoms with Gasteiger partial charge in [-0.3, -0.25) is 4.79 Å². The van der Waals surface area contributed by atoms with E-state index in [-0.39, 0.29) is 34.6 Å². The molecule has 0 saturated carbocycles. The highest BCUT2D eigenvalue weighted by atomic mass is 19.1. The minimum absolute atomic E-state index is 0.0746. The Balaban J connectivity index is 1.85. The van der Waals surface area contributed by atoms with Gasteiger partial charge in [-0.25, -0.2) is 23.5 Å². The molecule has 0 aromatic carbocycles. The number of pyridine rings is 2. The van der Waals surface area contributed by atoms with Crippen LogP contribution in [0.3, 0.4) is 0 Å². The van der Waals surface area contributed by atoms with Gasteiger partial charge in [0.2, 0.25) is 0 Å². The van der Waals surface area contributed by atoms with Crippen LogP contribution in [0.15, 0.2) is 18.3 Å². The van der Waals surface area contributed by atoms with E-state index >= 15 is 4.39 Å². The fourth-order valence-electron chi connectivity index (χ4n) is 4.13. The number of hydrogen-bond acceptors (Lipinski definition) is 9. The van der Waals surface area contributed by atoms with Crippen molar-refractivity contribution in [2.75, 3.05) is 41.8 Å². The number of nitrogens with two attached hydrogens (primary N) is 1. The molecule has 3 rings (SSSR count). The largest absolute Gasteiger partial charge is 0.444 e. The molecule has 1 aliphatic heterocycles. The molecule has 2 aromatic rings. The SMILES string of the molecule is CC(C)[C@@H](Nc1nc(Nc2cnc(N3CCOCC3)c(F)c2)c(C(N)=O)cc1F)[C@H](C)NC(=O)OC(C)(C)C. The molecule has 13 heteroatoms. The molecule has 2 atom stereocenters. The number of nitrogens with zero attached hydrogens (tertiary/aromatic N) is 3. The van der Waals surface area contributed by atoms with E-state index in [4.69, 9.17) is 15.2 Å². The first kappa shape index (κ1) is 29.8. The van der Waals surface area contributed by atoms with Gasteiger partial charge < -0.3 is 36.1 Å². The lowest BCUT2D eigenvalue weighted by Gasteiger charge is -2.31. The minimum Gasteiger partial charge on any atom is -0.444 e. The lowest BCUT2D eigenvalue weighted by atomic mass is 9.97. The maximum absolute atomic E-state index is 15.1. The average Bonchev–Trinajstić information content (AvgIpc) is 2.82. The lowest BCUT2D eigenvalue weighted by molar-refractivity contribution is 0.0499. The minimum atomic E-state index is -0.922. The van der Waals surface area contributed by atoms with Crippen molar-refractivity contribution < 1.29 is 27.8 Å². The van der Waals surface area contributed by atoms with Gasteiger partial charge >= 0.3 is 6.09 Å². The number of ether oxygens (including phenoxy) is 2. The Bertz CT molecular complexity index is 1180. The van der Waals surface area contributed by atoms with Gasteiger partial charge in [0.1, 0.15) is 11.4 Å². The Kier molecular flexibility index (Phi) is 9.49. The van der Waals surface area contributed by atoms with E-state index < -0.39 is 41.3 Å². The Hall–Kier alpha value is -3.74. The molecule has 2 aromatic heterocycles. The summed E-state index contributed by atoms with van der Waals surface area (Å²) in [7, 11) is 0. The zero-order valence-corrected chi connectivity index (χ0v) is 23.1. The van der Waals surface area contributed by atoms with Gasteiger partial charge in [0.25, 0.3) is 5.91 Å². The van der Waals surface area contributed by atoms with Crippen molar-refractivity contribution in [2.24, 2.45) is 11.7 Å². The number of morpholine rings is 1. The van der Waals surface area contributed by atoms with Crippen molar-refractivity contribution in [3.05, 3.63) is 35.5 Å². The molecule has 2 amide bonds. The van der Waals surface area contributed by atoms with E-state index in [1.165, 1.54) is 12.3 Å². The van der Waals surface area contributed by atoms with Crippen LogP contribution >= 0.6 is 0 Å². The third-order valence-electron chi connectivity index (χ3n) is 5.94. The first-order valence-electron chi connectivity index (χ1n) is 12.8. The van der Waals surface area contributed by atoms with Gasteiger partial charge in [-0.1, -0.05) is 13.8 Å². The molecule has 11 nitrogen and oxygen atoms in total. The highest BCUT2D eigenvalue weighted by molar-refractivity contribution is 5.98. The highest BCUT2D eigenvalue weighted by Crippen LogP contribution is 2.27. The van der Waals surface area contributed by atoms with E-state index in [9.17, 15) is 14.0 Å². The second-order valence-electron chi connectivity index (χ2n) is 10.7. The average molecular weight is 550 g/mol. The zero-order valence-electron chi connectivity index (χ0n) is 23.1.